The number of fused-ring (bicyclic) bond motifs is 1. The Hall–Kier alpha value is -3.28. The number of anilines is 1. The van der Waals surface area contributed by atoms with Crippen LogP contribution in [0.1, 0.15) is 27.8 Å². The van der Waals surface area contributed by atoms with Gasteiger partial charge in [0.2, 0.25) is 0 Å². The maximum atomic E-state index is 12.8. The molecule has 2 aromatic carbocycles. The van der Waals surface area contributed by atoms with Crippen molar-refractivity contribution in [1.82, 2.24) is 4.90 Å². The second kappa shape index (κ2) is 8.69. The van der Waals surface area contributed by atoms with Gasteiger partial charge in [0, 0.05) is 48.4 Å². The maximum absolute atomic E-state index is 12.8. The zero-order valence-electron chi connectivity index (χ0n) is 19.4. The van der Waals surface area contributed by atoms with E-state index in [0.717, 1.165) is 29.6 Å². The summed E-state index contributed by atoms with van der Waals surface area (Å²) in [5, 5.41) is 0.890. The van der Waals surface area contributed by atoms with Gasteiger partial charge in [0.25, 0.3) is 5.91 Å². The van der Waals surface area contributed by atoms with Crippen molar-refractivity contribution in [3.63, 3.8) is 0 Å². The third-order valence-electron chi connectivity index (χ3n) is 6.72. The van der Waals surface area contributed by atoms with Crippen LogP contribution < -0.4 is 15.3 Å². The minimum atomic E-state index is -0.340. The van der Waals surface area contributed by atoms with E-state index in [1.165, 1.54) is 16.8 Å². The molecule has 1 saturated heterocycles. The minimum Gasteiger partial charge on any atom is -0.483 e. The van der Waals surface area contributed by atoms with Gasteiger partial charge in [0.15, 0.2) is 6.61 Å². The molecule has 0 radical (unpaired) electrons. The van der Waals surface area contributed by atoms with Crippen molar-refractivity contribution in [2.75, 3.05) is 37.7 Å². The highest BCUT2D eigenvalue weighted by atomic mass is 16.5. The van der Waals surface area contributed by atoms with Crippen molar-refractivity contribution < 1.29 is 13.9 Å². The van der Waals surface area contributed by atoms with Gasteiger partial charge in [-0.15, -0.1) is 0 Å². The third-order valence-corrected chi connectivity index (χ3v) is 6.72. The van der Waals surface area contributed by atoms with Crippen molar-refractivity contribution >= 4 is 22.6 Å². The second-order valence-corrected chi connectivity index (χ2v) is 8.58. The molecule has 0 atom stereocenters. The van der Waals surface area contributed by atoms with E-state index in [0.29, 0.717) is 30.0 Å². The number of piperazine rings is 1. The van der Waals surface area contributed by atoms with Crippen LogP contribution in [0, 0.1) is 34.6 Å². The molecule has 32 heavy (non-hydrogen) atoms. The number of hydrogen-bond donors (Lipinski definition) is 0. The van der Waals surface area contributed by atoms with Gasteiger partial charge in [0.1, 0.15) is 11.3 Å². The van der Waals surface area contributed by atoms with Gasteiger partial charge in [-0.1, -0.05) is 12.1 Å². The zero-order chi connectivity index (χ0) is 23.0. The lowest BCUT2D eigenvalue weighted by Crippen LogP contribution is -2.50. The van der Waals surface area contributed by atoms with E-state index < -0.39 is 0 Å². The fourth-order valence-electron chi connectivity index (χ4n) is 4.29. The predicted molar refractivity (Wildman–Crippen MR) is 127 cm³/mol. The Kier molecular flexibility index (Phi) is 5.96. The summed E-state index contributed by atoms with van der Waals surface area (Å²) < 4.78 is 11.4. The van der Waals surface area contributed by atoms with Crippen LogP contribution in [-0.4, -0.2) is 43.6 Å². The smallest absolute Gasteiger partial charge is 0.339 e. The molecule has 1 amide bonds. The highest BCUT2D eigenvalue weighted by molar-refractivity contribution is 5.86. The number of carbonyl (C=O) groups excluding carboxylic acids is 1. The van der Waals surface area contributed by atoms with Crippen molar-refractivity contribution in [3.8, 4) is 5.75 Å². The molecular formula is C26H30N2O4. The lowest BCUT2D eigenvalue weighted by atomic mass is 10.0. The molecule has 2 heterocycles. The average Bonchev–Trinajstić information content (AvgIpc) is 2.79. The molecule has 3 aromatic rings. The van der Waals surface area contributed by atoms with Gasteiger partial charge < -0.3 is 19.0 Å². The number of carbonyl (C=O) groups is 1. The first kappa shape index (κ1) is 21.9. The summed E-state index contributed by atoms with van der Waals surface area (Å²) in [6, 6.07) is 10.1. The molecule has 168 valence electrons. The van der Waals surface area contributed by atoms with Gasteiger partial charge in [-0.05, 0) is 69.5 Å². The van der Waals surface area contributed by atoms with Gasteiger partial charge in [-0.25, -0.2) is 4.79 Å². The summed E-state index contributed by atoms with van der Waals surface area (Å²) >= 11 is 0. The van der Waals surface area contributed by atoms with Crippen LogP contribution in [0.4, 0.5) is 5.69 Å². The highest BCUT2D eigenvalue weighted by Crippen LogP contribution is 2.29. The molecule has 0 bridgehead atoms. The fraction of sp³-hybridized carbons (Fsp3) is 0.385. The predicted octanol–water partition coefficient (Wildman–Crippen LogP) is 4.06. The van der Waals surface area contributed by atoms with E-state index in [2.05, 4.69) is 36.9 Å². The number of rotatable bonds is 4. The van der Waals surface area contributed by atoms with Crippen LogP contribution in [0.5, 0.6) is 5.75 Å². The van der Waals surface area contributed by atoms with Crippen molar-refractivity contribution in [1.29, 1.82) is 0 Å². The molecule has 1 aliphatic heterocycles. The Morgan fingerprint density at radius 2 is 1.62 bits per heavy atom. The Morgan fingerprint density at radius 3 is 2.34 bits per heavy atom. The Labute approximate surface area is 188 Å². The monoisotopic (exact) mass is 434 g/mol. The van der Waals surface area contributed by atoms with Crippen LogP contribution in [-0.2, 0) is 4.79 Å². The first-order valence-corrected chi connectivity index (χ1v) is 11.0. The lowest BCUT2D eigenvalue weighted by Gasteiger charge is -2.37. The molecule has 1 aromatic heterocycles. The summed E-state index contributed by atoms with van der Waals surface area (Å²) in [5.41, 5.74) is 6.24. The van der Waals surface area contributed by atoms with Gasteiger partial charge in [0.05, 0.1) is 0 Å². The van der Waals surface area contributed by atoms with Crippen molar-refractivity contribution in [3.05, 3.63) is 68.6 Å². The molecule has 0 saturated carbocycles. The molecular weight excluding hydrogens is 404 g/mol. The van der Waals surface area contributed by atoms with E-state index in [-0.39, 0.29) is 18.1 Å². The molecule has 0 spiro atoms. The van der Waals surface area contributed by atoms with Crippen molar-refractivity contribution in [2.45, 2.75) is 34.6 Å². The molecule has 1 aliphatic rings. The third kappa shape index (κ3) is 3.97. The summed E-state index contributed by atoms with van der Waals surface area (Å²) in [6.45, 7) is 12.7. The van der Waals surface area contributed by atoms with Crippen molar-refractivity contribution in [2.24, 2.45) is 0 Å². The Balaban J connectivity index is 1.41. The van der Waals surface area contributed by atoms with Crippen LogP contribution >= 0.6 is 0 Å². The first-order chi connectivity index (χ1) is 15.3. The quantitative estimate of drug-likeness (QED) is 0.580. The van der Waals surface area contributed by atoms with Crippen LogP contribution in [0.15, 0.2) is 39.5 Å². The number of aryl methyl sites for hydroxylation is 3. The molecule has 1 fully saturated rings. The number of nitrogens with zero attached hydrogens (tertiary/aromatic N) is 2. The molecule has 6 heteroatoms. The number of benzene rings is 2. The molecule has 0 N–H and O–H groups in total. The Bertz CT molecular complexity index is 1240. The summed E-state index contributed by atoms with van der Waals surface area (Å²) in [4.78, 5) is 29.1. The average molecular weight is 435 g/mol. The summed E-state index contributed by atoms with van der Waals surface area (Å²) in [5.74, 6) is 0.526. The molecule has 0 aliphatic carbocycles. The van der Waals surface area contributed by atoms with Crippen LogP contribution in [0.2, 0.25) is 0 Å². The van der Waals surface area contributed by atoms with E-state index in [4.69, 9.17) is 9.15 Å². The van der Waals surface area contributed by atoms with Gasteiger partial charge in [-0.2, -0.15) is 0 Å². The lowest BCUT2D eigenvalue weighted by molar-refractivity contribution is -0.133. The molecule has 6 nitrogen and oxygen atoms in total. The maximum Gasteiger partial charge on any atom is 0.339 e. The number of ether oxygens (including phenoxy) is 1. The van der Waals surface area contributed by atoms with E-state index in [9.17, 15) is 9.59 Å². The van der Waals surface area contributed by atoms with Gasteiger partial charge >= 0.3 is 5.63 Å². The van der Waals surface area contributed by atoms with Crippen LogP contribution in [0.3, 0.4) is 0 Å². The number of hydrogen-bond acceptors (Lipinski definition) is 5. The molecule has 4 rings (SSSR count). The normalized spacial score (nSPS) is 14.2. The van der Waals surface area contributed by atoms with E-state index >= 15 is 0 Å². The van der Waals surface area contributed by atoms with Gasteiger partial charge in [-0.3, -0.25) is 4.79 Å². The Morgan fingerprint density at radius 1 is 0.906 bits per heavy atom. The molecule has 0 unspecified atom stereocenters. The topological polar surface area (TPSA) is 63.0 Å². The standard InChI is InChI=1S/C26H30N2O4/c1-16-7-6-8-22(17(16)2)27-11-13-28(14-12-27)24(29)15-31-23-10-9-21-18(3)19(4)26(30)32-25(21)20(23)5/h6-10H,11-15H2,1-5H3. The summed E-state index contributed by atoms with van der Waals surface area (Å²) in [6.07, 6.45) is 0. The largest absolute Gasteiger partial charge is 0.483 e. The highest BCUT2D eigenvalue weighted by Gasteiger charge is 2.23. The minimum absolute atomic E-state index is 0.0355. The van der Waals surface area contributed by atoms with E-state index in [1.807, 2.05) is 30.9 Å². The fourth-order valence-corrected chi connectivity index (χ4v) is 4.29. The van der Waals surface area contributed by atoms with Crippen LogP contribution in [0.25, 0.3) is 11.0 Å². The number of amides is 1. The second-order valence-electron chi connectivity index (χ2n) is 8.58. The summed E-state index contributed by atoms with van der Waals surface area (Å²) in [7, 11) is 0. The zero-order valence-corrected chi connectivity index (χ0v) is 19.4. The first-order valence-electron chi connectivity index (χ1n) is 11.0. The SMILES string of the molecule is Cc1cccc(N2CCN(C(=O)COc3ccc4c(C)c(C)c(=O)oc4c3C)CC2)c1C. The van der Waals surface area contributed by atoms with E-state index in [1.54, 1.807) is 6.92 Å².